The van der Waals surface area contributed by atoms with E-state index < -0.39 is 5.76 Å². The van der Waals surface area contributed by atoms with Crippen LogP contribution in [0.5, 0.6) is 0 Å². The van der Waals surface area contributed by atoms with Crippen LogP contribution in [0.3, 0.4) is 0 Å². The number of rotatable bonds is 4. The van der Waals surface area contributed by atoms with Gasteiger partial charge in [0.2, 0.25) is 0 Å². The fourth-order valence-electron chi connectivity index (χ4n) is 3.05. The third-order valence-electron chi connectivity index (χ3n) is 4.00. The van der Waals surface area contributed by atoms with E-state index in [0.29, 0.717) is 11.6 Å². The molecule has 1 aliphatic heterocycles. The van der Waals surface area contributed by atoms with Gasteiger partial charge in [0.15, 0.2) is 5.58 Å². The quantitative estimate of drug-likeness (QED) is 0.908. The molecule has 0 saturated carbocycles. The van der Waals surface area contributed by atoms with Gasteiger partial charge in [0.1, 0.15) is 0 Å². The number of piperidine rings is 1. The Bertz CT molecular complexity index is 651. The van der Waals surface area contributed by atoms with Crippen molar-refractivity contribution in [2.45, 2.75) is 32.7 Å². The molecule has 0 bridgehead atoms. The lowest BCUT2D eigenvalue weighted by atomic mass is 10.0. The monoisotopic (exact) mass is 289 g/mol. The van der Waals surface area contributed by atoms with Crippen LogP contribution in [0.15, 0.2) is 27.4 Å². The molecule has 1 fully saturated rings. The van der Waals surface area contributed by atoms with Crippen molar-refractivity contribution < 1.29 is 4.42 Å². The van der Waals surface area contributed by atoms with Crippen molar-refractivity contribution in [1.29, 1.82) is 0 Å². The van der Waals surface area contributed by atoms with Crippen molar-refractivity contribution in [2.75, 3.05) is 25.0 Å². The smallest absolute Gasteiger partial charge is 0.408 e. The lowest BCUT2D eigenvalue weighted by Gasteiger charge is -2.33. The van der Waals surface area contributed by atoms with Crippen LogP contribution < -0.4 is 11.1 Å². The van der Waals surface area contributed by atoms with Crippen molar-refractivity contribution in [3.63, 3.8) is 0 Å². The maximum atomic E-state index is 11.2. The molecular formula is C16H23N3O2. The number of H-pyrrole nitrogens is 1. The summed E-state index contributed by atoms with van der Waals surface area (Å²) in [6.07, 6.45) is 2.32. The van der Waals surface area contributed by atoms with Crippen LogP contribution >= 0.6 is 0 Å². The van der Waals surface area contributed by atoms with Crippen molar-refractivity contribution in [3.05, 3.63) is 28.7 Å². The summed E-state index contributed by atoms with van der Waals surface area (Å²) in [5, 5.41) is 3.57. The second kappa shape index (κ2) is 5.93. The maximum Gasteiger partial charge on any atom is 0.417 e. The average molecular weight is 289 g/mol. The third kappa shape index (κ3) is 3.47. The zero-order valence-corrected chi connectivity index (χ0v) is 12.7. The summed E-state index contributed by atoms with van der Waals surface area (Å²) in [7, 11) is 0. The molecule has 2 heterocycles. The molecule has 2 N–H and O–H groups in total. The molecule has 0 radical (unpaired) electrons. The molecule has 5 heteroatoms. The SMILES string of the molecule is CC(C)CN1CCC(Nc2ccc3oc(=O)[nH]c3c2)CC1. The lowest BCUT2D eigenvalue weighted by Crippen LogP contribution is -2.40. The molecule has 1 aromatic heterocycles. The minimum Gasteiger partial charge on any atom is -0.408 e. The first-order valence-corrected chi connectivity index (χ1v) is 7.72. The fourth-order valence-corrected chi connectivity index (χ4v) is 3.05. The summed E-state index contributed by atoms with van der Waals surface area (Å²) in [6, 6.07) is 6.26. The predicted molar refractivity (Wildman–Crippen MR) is 84.8 cm³/mol. The highest BCUT2D eigenvalue weighted by molar-refractivity contribution is 5.76. The fraction of sp³-hybridized carbons (Fsp3) is 0.562. The summed E-state index contributed by atoms with van der Waals surface area (Å²) < 4.78 is 5.02. The van der Waals surface area contributed by atoms with Gasteiger partial charge in [-0.1, -0.05) is 13.8 Å². The summed E-state index contributed by atoms with van der Waals surface area (Å²) >= 11 is 0. The summed E-state index contributed by atoms with van der Waals surface area (Å²) in [4.78, 5) is 16.4. The van der Waals surface area contributed by atoms with E-state index in [-0.39, 0.29) is 0 Å². The molecule has 21 heavy (non-hydrogen) atoms. The van der Waals surface area contributed by atoms with Gasteiger partial charge in [0.05, 0.1) is 5.52 Å². The second-order valence-corrected chi connectivity index (χ2v) is 6.34. The molecule has 3 rings (SSSR count). The Hall–Kier alpha value is -1.75. The number of fused-ring (bicyclic) bond motifs is 1. The van der Waals surface area contributed by atoms with E-state index in [2.05, 4.69) is 29.0 Å². The second-order valence-electron chi connectivity index (χ2n) is 6.34. The van der Waals surface area contributed by atoms with Crippen LogP contribution in [0.25, 0.3) is 11.1 Å². The van der Waals surface area contributed by atoms with Gasteiger partial charge in [-0.15, -0.1) is 0 Å². The Morgan fingerprint density at radius 3 is 2.86 bits per heavy atom. The number of hydrogen-bond donors (Lipinski definition) is 2. The molecule has 1 saturated heterocycles. The molecule has 0 spiro atoms. The molecule has 0 unspecified atom stereocenters. The first kappa shape index (κ1) is 14.2. The van der Waals surface area contributed by atoms with Gasteiger partial charge >= 0.3 is 5.76 Å². The third-order valence-corrected chi connectivity index (χ3v) is 4.00. The molecule has 1 aromatic carbocycles. The van der Waals surface area contributed by atoms with Crippen LogP contribution in [0.1, 0.15) is 26.7 Å². The van der Waals surface area contributed by atoms with Gasteiger partial charge < -0.3 is 14.6 Å². The topological polar surface area (TPSA) is 61.3 Å². The van der Waals surface area contributed by atoms with E-state index in [1.54, 1.807) is 0 Å². The van der Waals surface area contributed by atoms with Crippen molar-refractivity contribution in [3.8, 4) is 0 Å². The number of likely N-dealkylation sites (tertiary alicyclic amines) is 1. The first-order valence-electron chi connectivity index (χ1n) is 7.72. The lowest BCUT2D eigenvalue weighted by molar-refractivity contribution is 0.198. The van der Waals surface area contributed by atoms with Gasteiger partial charge in [-0.05, 0) is 37.0 Å². The van der Waals surface area contributed by atoms with Crippen LogP contribution in [-0.2, 0) is 0 Å². The molecular weight excluding hydrogens is 266 g/mol. The summed E-state index contributed by atoms with van der Waals surface area (Å²) in [6.45, 7) is 8.03. The van der Waals surface area contributed by atoms with Gasteiger partial charge in [-0.2, -0.15) is 0 Å². The first-order chi connectivity index (χ1) is 10.1. The van der Waals surface area contributed by atoms with Gasteiger partial charge in [0, 0.05) is 31.4 Å². The highest BCUT2D eigenvalue weighted by atomic mass is 16.4. The number of oxazole rings is 1. The number of aromatic nitrogens is 1. The Morgan fingerprint density at radius 2 is 2.14 bits per heavy atom. The van der Waals surface area contributed by atoms with Crippen LogP contribution in [0, 0.1) is 5.92 Å². The molecule has 1 aliphatic rings. The van der Waals surface area contributed by atoms with Crippen LogP contribution in [0.2, 0.25) is 0 Å². The molecule has 114 valence electrons. The Labute approximate surface area is 124 Å². The molecule has 2 aromatic rings. The molecule has 0 amide bonds. The van der Waals surface area contributed by atoms with E-state index in [9.17, 15) is 4.79 Å². The van der Waals surface area contributed by atoms with E-state index in [4.69, 9.17) is 4.42 Å². The molecule has 0 atom stereocenters. The number of benzene rings is 1. The van der Waals surface area contributed by atoms with Crippen LogP contribution in [-0.4, -0.2) is 35.6 Å². The van der Waals surface area contributed by atoms with Gasteiger partial charge in [-0.25, -0.2) is 4.79 Å². The van der Waals surface area contributed by atoms with E-state index in [1.165, 1.54) is 6.54 Å². The van der Waals surface area contributed by atoms with Crippen molar-refractivity contribution in [1.82, 2.24) is 9.88 Å². The highest BCUT2D eigenvalue weighted by Gasteiger charge is 2.19. The zero-order valence-electron chi connectivity index (χ0n) is 12.7. The van der Waals surface area contributed by atoms with Crippen LogP contribution in [0.4, 0.5) is 5.69 Å². The molecule has 0 aliphatic carbocycles. The van der Waals surface area contributed by atoms with E-state index in [0.717, 1.165) is 43.1 Å². The largest absolute Gasteiger partial charge is 0.417 e. The van der Waals surface area contributed by atoms with Gasteiger partial charge in [0.25, 0.3) is 0 Å². The van der Waals surface area contributed by atoms with E-state index in [1.807, 2.05) is 18.2 Å². The zero-order chi connectivity index (χ0) is 14.8. The molecule has 5 nitrogen and oxygen atoms in total. The number of anilines is 1. The van der Waals surface area contributed by atoms with E-state index >= 15 is 0 Å². The standard InChI is InChI=1S/C16H23N3O2/c1-11(2)10-19-7-5-12(6-8-19)17-13-3-4-15-14(9-13)18-16(20)21-15/h3-4,9,11-12,17H,5-8,10H2,1-2H3,(H,18,20). The minimum atomic E-state index is -0.399. The Balaban J connectivity index is 1.60. The van der Waals surface area contributed by atoms with Crippen molar-refractivity contribution >= 4 is 16.8 Å². The Kier molecular flexibility index (Phi) is 4.01. The minimum absolute atomic E-state index is 0.399. The number of aromatic amines is 1. The summed E-state index contributed by atoms with van der Waals surface area (Å²) in [5.41, 5.74) is 2.40. The number of nitrogens with one attached hydrogen (secondary N) is 2. The Morgan fingerprint density at radius 1 is 1.38 bits per heavy atom. The number of hydrogen-bond acceptors (Lipinski definition) is 4. The maximum absolute atomic E-state index is 11.2. The normalized spacial score (nSPS) is 17.7. The number of nitrogens with zero attached hydrogens (tertiary/aromatic N) is 1. The van der Waals surface area contributed by atoms with Crippen molar-refractivity contribution in [2.24, 2.45) is 5.92 Å². The predicted octanol–water partition coefficient (Wildman–Crippen LogP) is 2.65. The highest BCUT2D eigenvalue weighted by Crippen LogP contribution is 2.20. The average Bonchev–Trinajstić information content (AvgIpc) is 2.80. The van der Waals surface area contributed by atoms with Gasteiger partial charge in [-0.3, -0.25) is 4.98 Å². The summed E-state index contributed by atoms with van der Waals surface area (Å²) in [5.74, 6) is 0.332.